The lowest BCUT2D eigenvalue weighted by Gasteiger charge is -2.41. The van der Waals surface area contributed by atoms with Crippen LogP contribution in [0.25, 0.3) is 0 Å². The summed E-state index contributed by atoms with van der Waals surface area (Å²) in [6.45, 7) is 8.48. The van der Waals surface area contributed by atoms with Gasteiger partial charge in [0.25, 0.3) is 0 Å². The fraction of sp³-hybridized carbons (Fsp3) is 0.941. The van der Waals surface area contributed by atoms with Gasteiger partial charge in [0.2, 0.25) is 0 Å². The van der Waals surface area contributed by atoms with Crippen LogP contribution in [0.5, 0.6) is 0 Å². The third-order valence-electron chi connectivity index (χ3n) is 5.23. The standard InChI is InChI=1S/C17H33NO2/c1-4-6-7-8-9-10-15(3)18-13-11-17(5-2,12-14-18)16(19)20/h15H,4-14H2,1-3H3,(H,19,20). The molecule has 3 heteroatoms. The Morgan fingerprint density at radius 3 is 2.25 bits per heavy atom. The first-order chi connectivity index (χ1) is 9.55. The topological polar surface area (TPSA) is 40.5 Å². The number of unbranched alkanes of at least 4 members (excludes halogenated alkanes) is 4. The number of aliphatic carboxylic acids is 1. The number of nitrogens with zero attached hydrogens (tertiary/aromatic N) is 1. The molecule has 1 aliphatic heterocycles. The number of carbonyl (C=O) groups is 1. The van der Waals surface area contributed by atoms with Gasteiger partial charge in [-0.15, -0.1) is 0 Å². The van der Waals surface area contributed by atoms with Gasteiger partial charge in [-0.1, -0.05) is 46.0 Å². The quantitative estimate of drug-likeness (QED) is 0.641. The van der Waals surface area contributed by atoms with E-state index in [1.807, 2.05) is 6.92 Å². The van der Waals surface area contributed by atoms with Crippen molar-refractivity contribution in [2.24, 2.45) is 5.41 Å². The van der Waals surface area contributed by atoms with Crippen molar-refractivity contribution in [1.82, 2.24) is 4.90 Å². The van der Waals surface area contributed by atoms with Crippen LogP contribution in [0.4, 0.5) is 0 Å². The van der Waals surface area contributed by atoms with Crippen molar-refractivity contribution in [2.75, 3.05) is 13.1 Å². The van der Waals surface area contributed by atoms with Crippen LogP contribution < -0.4 is 0 Å². The van der Waals surface area contributed by atoms with Crippen molar-refractivity contribution in [3.8, 4) is 0 Å². The van der Waals surface area contributed by atoms with E-state index in [1.165, 1.54) is 38.5 Å². The molecule has 0 aromatic carbocycles. The number of rotatable bonds is 9. The van der Waals surface area contributed by atoms with Gasteiger partial charge in [-0.25, -0.2) is 0 Å². The fourth-order valence-electron chi connectivity index (χ4n) is 3.34. The predicted octanol–water partition coefficient (Wildman–Crippen LogP) is 4.31. The second-order valence-electron chi connectivity index (χ2n) is 6.53. The molecule has 0 aliphatic carbocycles. The van der Waals surface area contributed by atoms with Crippen LogP contribution in [0.1, 0.15) is 78.6 Å². The van der Waals surface area contributed by atoms with Gasteiger partial charge in [-0.05, 0) is 45.7 Å². The normalized spacial score (nSPS) is 20.8. The predicted molar refractivity (Wildman–Crippen MR) is 84.0 cm³/mol. The number of hydrogen-bond donors (Lipinski definition) is 1. The monoisotopic (exact) mass is 283 g/mol. The molecule has 1 saturated heterocycles. The van der Waals surface area contributed by atoms with Gasteiger partial charge < -0.3 is 10.0 Å². The minimum atomic E-state index is -0.591. The summed E-state index contributed by atoms with van der Waals surface area (Å²) in [7, 11) is 0. The fourth-order valence-corrected chi connectivity index (χ4v) is 3.34. The Morgan fingerprint density at radius 1 is 1.15 bits per heavy atom. The molecule has 0 saturated carbocycles. The zero-order chi connectivity index (χ0) is 15.0. The van der Waals surface area contributed by atoms with Crippen LogP contribution in [0.3, 0.4) is 0 Å². The Kier molecular flexibility index (Phi) is 7.57. The van der Waals surface area contributed by atoms with E-state index in [4.69, 9.17) is 0 Å². The molecule has 0 spiro atoms. The first kappa shape index (κ1) is 17.5. The van der Waals surface area contributed by atoms with Crippen molar-refractivity contribution in [2.45, 2.75) is 84.6 Å². The van der Waals surface area contributed by atoms with E-state index in [2.05, 4.69) is 18.7 Å². The maximum atomic E-state index is 11.4. The highest BCUT2D eigenvalue weighted by atomic mass is 16.4. The Morgan fingerprint density at radius 2 is 1.75 bits per heavy atom. The number of piperidine rings is 1. The minimum Gasteiger partial charge on any atom is -0.481 e. The SMILES string of the molecule is CCCCCCCC(C)N1CCC(CC)(C(=O)O)CC1. The van der Waals surface area contributed by atoms with Crippen molar-refractivity contribution in [3.05, 3.63) is 0 Å². The van der Waals surface area contributed by atoms with Crippen LogP contribution in [-0.2, 0) is 4.79 Å². The second-order valence-corrected chi connectivity index (χ2v) is 6.53. The highest BCUT2D eigenvalue weighted by Gasteiger charge is 2.40. The van der Waals surface area contributed by atoms with E-state index in [0.29, 0.717) is 6.04 Å². The maximum Gasteiger partial charge on any atom is 0.309 e. The lowest BCUT2D eigenvalue weighted by Crippen LogP contribution is -2.47. The van der Waals surface area contributed by atoms with Gasteiger partial charge >= 0.3 is 5.97 Å². The maximum absolute atomic E-state index is 11.4. The lowest BCUT2D eigenvalue weighted by atomic mass is 9.76. The largest absolute Gasteiger partial charge is 0.481 e. The van der Waals surface area contributed by atoms with Gasteiger partial charge in [-0.2, -0.15) is 0 Å². The molecule has 1 atom stereocenters. The Bertz CT molecular complexity index is 283. The zero-order valence-electron chi connectivity index (χ0n) is 13.7. The highest BCUT2D eigenvalue weighted by Crippen LogP contribution is 2.36. The summed E-state index contributed by atoms with van der Waals surface area (Å²) in [5.74, 6) is -0.591. The molecule has 1 unspecified atom stereocenters. The van der Waals surface area contributed by atoms with Crippen LogP contribution >= 0.6 is 0 Å². The van der Waals surface area contributed by atoms with Crippen LogP contribution in [-0.4, -0.2) is 35.1 Å². The minimum absolute atomic E-state index is 0.447. The van der Waals surface area contributed by atoms with Crippen molar-refractivity contribution in [3.63, 3.8) is 0 Å². The smallest absolute Gasteiger partial charge is 0.309 e. The summed E-state index contributed by atoms with van der Waals surface area (Å²) >= 11 is 0. The molecule has 20 heavy (non-hydrogen) atoms. The third kappa shape index (κ3) is 4.76. The van der Waals surface area contributed by atoms with Gasteiger partial charge in [-0.3, -0.25) is 4.79 Å². The molecule has 1 heterocycles. The number of hydrogen-bond acceptors (Lipinski definition) is 2. The summed E-state index contributed by atoms with van der Waals surface area (Å²) in [6, 6.07) is 0.611. The first-order valence-corrected chi connectivity index (χ1v) is 8.53. The summed E-state index contributed by atoms with van der Waals surface area (Å²) in [5, 5.41) is 9.42. The first-order valence-electron chi connectivity index (χ1n) is 8.53. The van der Waals surface area contributed by atoms with Crippen LogP contribution in [0.2, 0.25) is 0 Å². The average molecular weight is 283 g/mol. The van der Waals surface area contributed by atoms with E-state index >= 15 is 0 Å². The zero-order valence-corrected chi connectivity index (χ0v) is 13.7. The lowest BCUT2D eigenvalue weighted by molar-refractivity contribution is -0.152. The van der Waals surface area contributed by atoms with Gasteiger partial charge in [0.1, 0.15) is 0 Å². The molecule has 1 fully saturated rings. The van der Waals surface area contributed by atoms with Gasteiger partial charge in [0.15, 0.2) is 0 Å². The number of likely N-dealkylation sites (tertiary alicyclic amines) is 1. The molecule has 0 radical (unpaired) electrons. The molecule has 0 aromatic heterocycles. The molecule has 3 nitrogen and oxygen atoms in total. The van der Waals surface area contributed by atoms with Gasteiger partial charge in [0.05, 0.1) is 5.41 Å². The molecular weight excluding hydrogens is 250 g/mol. The Labute approximate surface area is 124 Å². The van der Waals surface area contributed by atoms with Crippen LogP contribution in [0, 0.1) is 5.41 Å². The number of carboxylic acids is 1. The molecule has 118 valence electrons. The summed E-state index contributed by atoms with van der Waals surface area (Å²) in [6.07, 6.45) is 10.3. The molecular formula is C17H33NO2. The van der Waals surface area contributed by atoms with E-state index in [0.717, 1.165) is 32.4 Å². The molecule has 1 N–H and O–H groups in total. The third-order valence-corrected chi connectivity index (χ3v) is 5.23. The summed E-state index contributed by atoms with van der Waals surface area (Å²) < 4.78 is 0. The molecule has 0 bridgehead atoms. The van der Waals surface area contributed by atoms with Crippen LogP contribution in [0.15, 0.2) is 0 Å². The van der Waals surface area contributed by atoms with Crippen molar-refractivity contribution >= 4 is 5.97 Å². The Hall–Kier alpha value is -0.570. The molecule has 1 rings (SSSR count). The summed E-state index contributed by atoms with van der Waals surface area (Å²) in [5.41, 5.74) is -0.447. The van der Waals surface area contributed by atoms with Gasteiger partial charge in [0, 0.05) is 6.04 Å². The highest BCUT2D eigenvalue weighted by molar-refractivity contribution is 5.74. The second kappa shape index (κ2) is 8.66. The number of carboxylic acid groups (broad SMARTS) is 1. The molecule has 0 amide bonds. The van der Waals surface area contributed by atoms with E-state index in [-0.39, 0.29) is 0 Å². The molecule has 0 aromatic rings. The van der Waals surface area contributed by atoms with Crippen molar-refractivity contribution < 1.29 is 9.90 Å². The molecule has 1 aliphatic rings. The van der Waals surface area contributed by atoms with E-state index in [1.54, 1.807) is 0 Å². The summed E-state index contributed by atoms with van der Waals surface area (Å²) in [4.78, 5) is 13.9. The average Bonchev–Trinajstić information content (AvgIpc) is 2.46. The van der Waals surface area contributed by atoms with E-state index in [9.17, 15) is 9.90 Å². The Balaban J connectivity index is 2.28. The van der Waals surface area contributed by atoms with E-state index < -0.39 is 11.4 Å². The van der Waals surface area contributed by atoms with Crippen molar-refractivity contribution in [1.29, 1.82) is 0 Å².